The number of carbonyl (C=O) groups excluding carboxylic acids is 1. The molecule has 6 heteroatoms. The molecule has 0 saturated carbocycles. The van der Waals surface area contributed by atoms with E-state index >= 15 is 0 Å². The zero-order chi connectivity index (χ0) is 19.2. The van der Waals surface area contributed by atoms with Crippen molar-refractivity contribution in [3.05, 3.63) is 53.9 Å². The number of carbonyl (C=O) groups is 1. The Morgan fingerprint density at radius 1 is 1.22 bits per heavy atom. The zero-order valence-electron chi connectivity index (χ0n) is 16.3. The highest BCUT2D eigenvalue weighted by atomic mass is 16.5. The minimum absolute atomic E-state index is 0.00271. The van der Waals surface area contributed by atoms with Gasteiger partial charge in [0.05, 0.1) is 24.5 Å². The third-order valence-electron chi connectivity index (χ3n) is 5.06. The number of amides is 1. The number of nitrogens with zero attached hydrogens (tertiary/aromatic N) is 3. The first-order chi connectivity index (χ1) is 13.1. The second kappa shape index (κ2) is 8.97. The van der Waals surface area contributed by atoms with Crippen LogP contribution in [0.4, 0.5) is 5.69 Å². The van der Waals surface area contributed by atoms with Gasteiger partial charge in [0.25, 0.3) is 0 Å². The molecule has 1 saturated heterocycles. The molecule has 1 aliphatic heterocycles. The second-order valence-corrected chi connectivity index (χ2v) is 7.00. The Bertz CT molecular complexity index is 758. The summed E-state index contributed by atoms with van der Waals surface area (Å²) in [4.78, 5) is 21.7. The molecule has 1 fully saturated rings. The van der Waals surface area contributed by atoms with E-state index in [0.717, 1.165) is 49.7 Å². The van der Waals surface area contributed by atoms with E-state index in [-0.39, 0.29) is 11.9 Å². The van der Waals surface area contributed by atoms with E-state index in [1.54, 1.807) is 7.11 Å². The van der Waals surface area contributed by atoms with E-state index in [2.05, 4.69) is 26.2 Å². The zero-order valence-corrected chi connectivity index (χ0v) is 16.3. The van der Waals surface area contributed by atoms with E-state index in [1.165, 1.54) is 0 Å². The number of piperazine rings is 1. The topological polar surface area (TPSA) is 57.7 Å². The van der Waals surface area contributed by atoms with Gasteiger partial charge in [0.2, 0.25) is 5.91 Å². The van der Waals surface area contributed by atoms with Crippen molar-refractivity contribution in [2.45, 2.75) is 26.4 Å². The van der Waals surface area contributed by atoms with Crippen LogP contribution in [-0.2, 0) is 11.3 Å². The van der Waals surface area contributed by atoms with E-state index < -0.39 is 0 Å². The summed E-state index contributed by atoms with van der Waals surface area (Å²) in [6, 6.07) is 11.6. The first-order valence-electron chi connectivity index (χ1n) is 9.38. The lowest BCUT2D eigenvalue weighted by Gasteiger charge is -2.37. The molecule has 0 bridgehead atoms. The van der Waals surface area contributed by atoms with Crippen LogP contribution in [0.1, 0.15) is 18.2 Å². The van der Waals surface area contributed by atoms with Gasteiger partial charge in [0, 0.05) is 38.9 Å². The summed E-state index contributed by atoms with van der Waals surface area (Å²) in [5, 5.41) is 3.02. The SMILES string of the molecule is COc1ccc(C)cc1NC(=O)C(C)N1CCN(Cc2ccccn2)CC1. The summed E-state index contributed by atoms with van der Waals surface area (Å²) >= 11 is 0. The minimum atomic E-state index is -0.188. The molecule has 0 spiro atoms. The van der Waals surface area contributed by atoms with Crippen molar-refractivity contribution in [3.63, 3.8) is 0 Å². The smallest absolute Gasteiger partial charge is 0.241 e. The maximum absolute atomic E-state index is 12.7. The van der Waals surface area contributed by atoms with Gasteiger partial charge in [0.1, 0.15) is 5.75 Å². The number of pyridine rings is 1. The number of ether oxygens (including phenoxy) is 1. The second-order valence-electron chi connectivity index (χ2n) is 7.00. The highest BCUT2D eigenvalue weighted by Gasteiger charge is 2.26. The maximum atomic E-state index is 12.7. The summed E-state index contributed by atoms with van der Waals surface area (Å²) < 4.78 is 5.36. The van der Waals surface area contributed by atoms with Crippen molar-refractivity contribution in [1.29, 1.82) is 0 Å². The molecule has 144 valence electrons. The number of hydrogen-bond acceptors (Lipinski definition) is 5. The molecule has 3 rings (SSSR count). The fraction of sp³-hybridized carbons (Fsp3) is 0.429. The molecule has 2 heterocycles. The monoisotopic (exact) mass is 368 g/mol. The molecule has 1 aromatic carbocycles. The highest BCUT2D eigenvalue weighted by Crippen LogP contribution is 2.25. The lowest BCUT2D eigenvalue weighted by Crippen LogP contribution is -2.52. The molecule has 6 nitrogen and oxygen atoms in total. The average Bonchev–Trinajstić information content (AvgIpc) is 2.69. The molecule has 0 aliphatic carbocycles. The van der Waals surface area contributed by atoms with Gasteiger partial charge < -0.3 is 10.1 Å². The van der Waals surface area contributed by atoms with Gasteiger partial charge in [-0.25, -0.2) is 0 Å². The van der Waals surface area contributed by atoms with Crippen LogP contribution >= 0.6 is 0 Å². The van der Waals surface area contributed by atoms with Crippen molar-refractivity contribution in [1.82, 2.24) is 14.8 Å². The van der Waals surface area contributed by atoms with Gasteiger partial charge >= 0.3 is 0 Å². The Labute approximate surface area is 161 Å². The number of anilines is 1. The molecular weight excluding hydrogens is 340 g/mol. The van der Waals surface area contributed by atoms with Gasteiger partial charge in [-0.05, 0) is 43.7 Å². The summed E-state index contributed by atoms with van der Waals surface area (Å²) in [6.07, 6.45) is 1.83. The van der Waals surface area contributed by atoms with Gasteiger partial charge in [-0.2, -0.15) is 0 Å². The van der Waals surface area contributed by atoms with Crippen molar-refractivity contribution in [2.24, 2.45) is 0 Å². The molecule has 0 radical (unpaired) electrons. The molecule has 1 amide bonds. The molecule has 1 aromatic heterocycles. The van der Waals surface area contributed by atoms with Crippen molar-refractivity contribution >= 4 is 11.6 Å². The maximum Gasteiger partial charge on any atom is 0.241 e. The molecule has 27 heavy (non-hydrogen) atoms. The predicted molar refractivity (Wildman–Crippen MR) is 107 cm³/mol. The van der Waals surface area contributed by atoms with Crippen LogP contribution in [-0.4, -0.2) is 60.0 Å². The molecule has 1 unspecified atom stereocenters. The molecule has 2 aromatic rings. The van der Waals surface area contributed by atoms with Crippen molar-refractivity contribution < 1.29 is 9.53 Å². The summed E-state index contributed by atoms with van der Waals surface area (Å²) in [7, 11) is 1.62. The Kier molecular flexibility index (Phi) is 6.42. The number of benzene rings is 1. The fourth-order valence-electron chi connectivity index (χ4n) is 3.35. The minimum Gasteiger partial charge on any atom is -0.495 e. The Morgan fingerprint density at radius 2 is 2.00 bits per heavy atom. The van der Waals surface area contributed by atoms with Crippen LogP contribution in [0.5, 0.6) is 5.75 Å². The normalized spacial score (nSPS) is 16.7. The first kappa shape index (κ1) is 19.3. The molecule has 1 aliphatic rings. The van der Waals surface area contributed by atoms with E-state index in [1.807, 2.05) is 50.4 Å². The number of aryl methyl sites for hydroxylation is 1. The van der Waals surface area contributed by atoms with Crippen LogP contribution in [0.25, 0.3) is 0 Å². The molecule has 1 atom stereocenters. The van der Waals surface area contributed by atoms with Gasteiger partial charge in [-0.1, -0.05) is 12.1 Å². The van der Waals surface area contributed by atoms with E-state index in [4.69, 9.17) is 4.74 Å². The van der Waals surface area contributed by atoms with Crippen LogP contribution in [0, 0.1) is 6.92 Å². The largest absolute Gasteiger partial charge is 0.495 e. The number of hydrogen-bond donors (Lipinski definition) is 1. The first-order valence-corrected chi connectivity index (χ1v) is 9.38. The number of rotatable bonds is 6. The van der Waals surface area contributed by atoms with E-state index in [9.17, 15) is 4.79 Å². The number of aromatic nitrogens is 1. The Morgan fingerprint density at radius 3 is 2.67 bits per heavy atom. The third kappa shape index (κ3) is 5.05. The highest BCUT2D eigenvalue weighted by molar-refractivity contribution is 5.96. The van der Waals surface area contributed by atoms with Crippen LogP contribution < -0.4 is 10.1 Å². The summed E-state index contributed by atoms with van der Waals surface area (Å²) in [5.41, 5.74) is 2.90. The lowest BCUT2D eigenvalue weighted by atomic mass is 10.1. The standard InChI is InChI=1S/C21H28N4O2/c1-16-7-8-20(27-3)19(14-16)23-21(26)17(2)25-12-10-24(11-13-25)15-18-6-4-5-9-22-18/h4-9,14,17H,10-13,15H2,1-3H3,(H,23,26). The van der Waals surface area contributed by atoms with Crippen LogP contribution in [0.3, 0.4) is 0 Å². The fourth-order valence-corrected chi connectivity index (χ4v) is 3.35. The summed E-state index contributed by atoms with van der Waals surface area (Å²) in [5.74, 6) is 0.679. The quantitative estimate of drug-likeness (QED) is 0.849. The van der Waals surface area contributed by atoms with Crippen molar-refractivity contribution in [2.75, 3.05) is 38.6 Å². The van der Waals surface area contributed by atoms with Crippen molar-refractivity contribution in [3.8, 4) is 5.75 Å². The van der Waals surface area contributed by atoms with Gasteiger partial charge in [0.15, 0.2) is 0 Å². The average molecular weight is 368 g/mol. The number of nitrogens with one attached hydrogen (secondary N) is 1. The number of methoxy groups -OCH3 is 1. The Hall–Kier alpha value is -2.44. The lowest BCUT2D eigenvalue weighted by molar-refractivity contribution is -0.121. The van der Waals surface area contributed by atoms with Crippen LogP contribution in [0.15, 0.2) is 42.6 Å². The molecule has 1 N–H and O–H groups in total. The van der Waals surface area contributed by atoms with Gasteiger partial charge in [-0.15, -0.1) is 0 Å². The summed E-state index contributed by atoms with van der Waals surface area (Å²) in [6.45, 7) is 8.42. The molecular formula is C21H28N4O2. The predicted octanol–water partition coefficient (Wildman–Crippen LogP) is 2.54. The third-order valence-corrected chi connectivity index (χ3v) is 5.06. The van der Waals surface area contributed by atoms with Gasteiger partial charge in [-0.3, -0.25) is 19.6 Å². The van der Waals surface area contributed by atoms with E-state index in [0.29, 0.717) is 5.75 Å². The Balaban J connectivity index is 1.53. The van der Waals surface area contributed by atoms with Crippen LogP contribution in [0.2, 0.25) is 0 Å².